The highest BCUT2D eigenvalue weighted by molar-refractivity contribution is 5.88. The number of hydrogen-bond acceptors (Lipinski definition) is 4. The number of carbonyl (C=O) groups excluding carboxylic acids is 1. The van der Waals surface area contributed by atoms with Gasteiger partial charge in [0, 0.05) is 24.0 Å². The second-order valence-electron chi connectivity index (χ2n) is 6.30. The maximum atomic E-state index is 12.6. The molecule has 2 heterocycles. The molecule has 0 saturated carbocycles. The van der Waals surface area contributed by atoms with Crippen molar-refractivity contribution >= 4 is 22.8 Å². The number of carboxylic acid groups (broad SMARTS) is 1. The van der Waals surface area contributed by atoms with Crippen LogP contribution < -0.4 is 0 Å². The Hall–Kier alpha value is -2.34. The lowest BCUT2D eigenvalue weighted by molar-refractivity contribution is -0.147. The summed E-state index contributed by atoms with van der Waals surface area (Å²) < 4.78 is 11.0. The van der Waals surface area contributed by atoms with Crippen LogP contribution in [0.25, 0.3) is 11.0 Å². The SMILES string of the molecule is Cc1cc2occ(CC(=O)N3CCOC(CC(=O)O)C3)c2cc1C. The molecule has 2 aromatic rings. The Kier molecular flexibility index (Phi) is 4.57. The fourth-order valence-electron chi connectivity index (χ4n) is 3.01. The number of rotatable bonds is 4. The first-order valence-corrected chi connectivity index (χ1v) is 8.02. The first-order valence-electron chi connectivity index (χ1n) is 8.02. The number of ether oxygens (including phenoxy) is 1. The van der Waals surface area contributed by atoms with E-state index in [2.05, 4.69) is 0 Å². The lowest BCUT2D eigenvalue weighted by Crippen LogP contribution is -2.46. The first-order chi connectivity index (χ1) is 11.4. The van der Waals surface area contributed by atoms with Crippen LogP contribution >= 0.6 is 0 Å². The molecule has 3 rings (SSSR count). The van der Waals surface area contributed by atoms with Gasteiger partial charge in [0.15, 0.2) is 0 Å². The Morgan fingerprint density at radius 1 is 1.29 bits per heavy atom. The number of nitrogens with zero attached hydrogens (tertiary/aromatic N) is 1. The van der Waals surface area contributed by atoms with Gasteiger partial charge in [-0.25, -0.2) is 0 Å². The molecule has 1 amide bonds. The molecule has 24 heavy (non-hydrogen) atoms. The van der Waals surface area contributed by atoms with Gasteiger partial charge < -0.3 is 19.2 Å². The molecule has 6 nitrogen and oxygen atoms in total. The smallest absolute Gasteiger partial charge is 0.306 e. The summed E-state index contributed by atoms with van der Waals surface area (Å²) >= 11 is 0. The van der Waals surface area contributed by atoms with E-state index >= 15 is 0 Å². The maximum absolute atomic E-state index is 12.6. The Morgan fingerprint density at radius 2 is 2.04 bits per heavy atom. The zero-order valence-electron chi connectivity index (χ0n) is 13.9. The second kappa shape index (κ2) is 6.65. The lowest BCUT2D eigenvalue weighted by Gasteiger charge is -2.32. The van der Waals surface area contributed by atoms with Crippen LogP contribution in [0.3, 0.4) is 0 Å². The first kappa shape index (κ1) is 16.5. The van der Waals surface area contributed by atoms with Crippen molar-refractivity contribution in [2.45, 2.75) is 32.8 Å². The predicted octanol–water partition coefficient (Wildman–Crippen LogP) is 2.29. The minimum Gasteiger partial charge on any atom is -0.481 e. The van der Waals surface area contributed by atoms with Crippen LogP contribution in [-0.2, 0) is 20.7 Å². The van der Waals surface area contributed by atoms with Crippen LogP contribution in [0.5, 0.6) is 0 Å². The van der Waals surface area contributed by atoms with E-state index in [1.165, 1.54) is 0 Å². The number of morpholine rings is 1. The van der Waals surface area contributed by atoms with E-state index in [4.69, 9.17) is 14.3 Å². The lowest BCUT2D eigenvalue weighted by atomic mass is 10.0. The molecule has 1 saturated heterocycles. The van der Waals surface area contributed by atoms with Crippen LogP contribution in [0.1, 0.15) is 23.1 Å². The van der Waals surface area contributed by atoms with Gasteiger partial charge in [-0.3, -0.25) is 9.59 Å². The van der Waals surface area contributed by atoms with Gasteiger partial charge >= 0.3 is 5.97 Å². The molecule has 0 bridgehead atoms. The average Bonchev–Trinajstić information content (AvgIpc) is 2.89. The fourth-order valence-corrected chi connectivity index (χ4v) is 3.01. The third-order valence-electron chi connectivity index (χ3n) is 4.51. The third-order valence-corrected chi connectivity index (χ3v) is 4.51. The summed E-state index contributed by atoms with van der Waals surface area (Å²) in [6.45, 7) is 5.24. The number of amides is 1. The van der Waals surface area contributed by atoms with Crippen molar-refractivity contribution in [1.82, 2.24) is 4.90 Å². The molecule has 0 aliphatic carbocycles. The normalized spacial score (nSPS) is 18.1. The minimum atomic E-state index is -0.916. The summed E-state index contributed by atoms with van der Waals surface area (Å²) in [6, 6.07) is 4.03. The van der Waals surface area contributed by atoms with E-state index in [0.717, 1.165) is 27.7 Å². The van der Waals surface area contributed by atoms with Crippen LogP contribution in [0, 0.1) is 13.8 Å². The summed E-state index contributed by atoms with van der Waals surface area (Å²) in [6.07, 6.45) is 1.36. The van der Waals surface area contributed by atoms with E-state index in [9.17, 15) is 9.59 Å². The van der Waals surface area contributed by atoms with Crippen LogP contribution in [0.4, 0.5) is 0 Å². The van der Waals surface area contributed by atoms with Crippen molar-refractivity contribution in [2.75, 3.05) is 19.7 Å². The molecule has 1 aliphatic rings. The van der Waals surface area contributed by atoms with Gasteiger partial charge in [-0.1, -0.05) is 0 Å². The molecule has 0 spiro atoms. The monoisotopic (exact) mass is 331 g/mol. The quantitative estimate of drug-likeness (QED) is 0.930. The van der Waals surface area contributed by atoms with Gasteiger partial charge in [-0.2, -0.15) is 0 Å². The number of aliphatic carboxylic acids is 1. The van der Waals surface area contributed by atoms with Gasteiger partial charge in [0.2, 0.25) is 5.91 Å². The topological polar surface area (TPSA) is 80.0 Å². The van der Waals surface area contributed by atoms with E-state index in [-0.39, 0.29) is 18.7 Å². The highest BCUT2D eigenvalue weighted by Gasteiger charge is 2.26. The van der Waals surface area contributed by atoms with Crippen molar-refractivity contribution in [2.24, 2.45) is 0 Å². The number of carboxylic acids is 1. The van der Waals surface area contributed by atoms with Crippen LogP contribution in [0.2, 0.25) is 0 Å². The molecule has 128 valence electrons. The molecular formula is C18H21NO5. The molecule has 1 N–H and O–H groups in total. The third kappa shape index (κ3) is 3.43. The Labute approximate surface area is 140 Å². The number of hydrogen-bond donors (Lipinski definition) is 1. The highest BCUT2D eigenvalue weighted by atomic mass is 16.5. The number of fused-ring (bicyclic) bond motifs is 1. The highest BCUT2D eigenvalue weighted by Crippen LogP contribution is 2.25. The van der Waals surface area contributed by atoms with Crippen molar-refractivity contribution in [3.63, 3.8) is 0 Å². The predicted molar refractivity (Wildman–Crippen MR) is 88.0 cm³/mol. The van der Waals surface area contributed by atoms with Crippen LogP contribution in [-0.4, -0.2) is 47.7 Å². The van der Waals surface area contributed by atoms with Crippen molar-refractivity contribution < 1.29 is 23.8 Å². The minimum absolute atomic E-state index is 0.0328. The zero-order chi connectivity index (χ0) is 17.3. The fraction of sp³-hybridized carbons (Fsp3) is 0.444. The molecule has 1 aromatic heterocycles. The van der Waals surface area contributed by atoms with E-state index < -0.39 is 12.1 Å². The Balaban J connectivity index is 1.73. The van der Waals surface area contributed by atoms with Gasteiger partial charge in [-0.15, -0.1) is 0 Å². The number of carbonyl (C=O) groups is 2. The molecule has 1 fully saturated rings. The summed E-state index contributed by atoms with van der Waals surface area (Å²) in [4.78, 5) is 25.1. The number of benzene rings is 1. The second-order valence-corrected chi connectivity index (χ2v) is 6.30. The van der Waals surface area contributed by atoms with Crippen molar-refractivity contribution in [1.29, 1.82) is 0 Å². The van der Waals surface area contributed by atoms with E-state index in [0.29, 0.717) is 19.7 Å². The summed E-state index contributed by atoms with van der Waals surface area (Å²) in [5.74, 6) is -0.949. The standard InChI is InChI=1S/C18H21NO5/c1-11-5-15-13(10-24-16(15)6-12(11)2)7-17(20)19-3-4-23-14(9-19)8-18(21)22/h5-6,10,14H,3-4,7-9H2,1-2H3,(H,21,22). The van der Waals surface area contributed by atoms with Gasteiger partial charge in [0.1, 0.15) is 5.58 Å². The molecular weight excluding hydrogens is 310 g/mol. The van der Waals surface area contributed by atoms with Crippen molar-refractivity contribution in [3.8, 4) is 0 Å². The number of furan rings is 1. The molecule has 1 atom stereocenters. The Morgan fingerprint density at radius 3 is 2.79 bits per heavy atom. The summed E-state index contributed by atoms with van der Waals surface area (Å²) in [5.41, 5.74) is 3.95. The van der Waals surface area contributed by atoms with Gasteiger partial charge in [0.25, 0.3) is 0 Å². The van der Waals surface area contributed by atoms with E-state index in [1.54, 1.807) is 11.2 Å². The van der Waals surface area contributed by atoms with Crippen molar-refractivity contribution in [3.05, 3.63) is 35.1 Å². The van der Waals surface area contributed by atoms with Crippen LogP contribution in [0.15, 0.2) is 22.8 Å². The maximum Gasteiger partial charge on any atom is 0.306 e. The summed E-state index contributed by atoms with van der Waals surface area (Å²) in [7, 11) is 0. The van der Waals surface area contributed by atoms with Gasteiger partial charge in [-0.05, 0) is 37.1 Å². The largest absolute Gasteiger partial charge is 0.481 e. The molecule has 0 radical (unpaired) electrons. The zero-order valence-corrected chi connectivity index (χ0v) is 13.9. The molecule has 1 aliphatic heterocycles. The van der Waals surface area contributed by atoms with E-state index in [1.807, 2.05) is 26.0 Å². The summed E-state index contributed by atoms with van der Waals surface area (Å²) in [5, 5.41) is 9.83. The molecule has 1 unspecified atom stereocenters. The van der Waals surface area contributed by atoms with Gasteiger partial charge in [0.05, 0.1) is 31.8 Å². The average molecular weight is 331 g/mol. The Bertz CT molecular complexity index is 779. The molecule has 1 aromatic carbocycles. The number of aryl methyl sites for hydroxylation is 2. The molecule has 6 heteroatoms.